The molecule has 0 aliphatic rings. The second kappa shape index (κ2) is 9.03. The van der Waals surface area contributed by atoms with Gasteiger partial charge in [-0.2, -0.15) is 0 Å². The lowest BCUT2D eigenvalue weighted by Gasteiger charge is -2.20. The zero-order valence-electron chi connectivity index (χ0n) is 16.2. The van der Waals surface area contributed by atoms with Gasteiger partial charge in [0.25, 0.3) is 0 Å². The Kier molecular flexibility index (Phi) is 6.77. The number of rotatable bonds is 5. The minimum atomic E-state index is -0.596. The van der Waals surface area contributed by atoms with Crippen molar-refractivity contribution in [3.8, 4) is 0 Å². The van der Waals surface area contributed by atoms with E-state index in [1.807, 2.05) is 43.3 Å². The number of allylic oxidation sites excluding steroid dienone is 1. The Hall–Kier alpha value is -3.08. The number of carbonyl (C=O) groups excluding carboxylic acids is 2. The van der Waals surface area contributed by atoms with E-state index < -0.39 is 11.7 Å². The van der Waals surface area contributed by atoms with Crippen molar-refractivity contribution in [2.45, 2.75) is 39.7 Å². The van der Waals surface area contributed by atoms with Gasteiger partial charge in [0.2, 0.25) is 5.91 Å². The van der Waals surface area contributed by atoms with E-state index in [-0.39, 0.29) is 12.3 Å². The highest BCUT2D eigenvalue weighted by molar-refractivity contribution is 5.98. The van der Waals surface area contributed by atoms with E-state index in [0.717, 1.165) is 11.1 Å². The molecule has 0 aliphatic carbocycles. The fourth-order valence-corrected chi connectivity index (χ4v) is 2.43. The van der Waals surface area contributed by atoms with Gasteiger partial charge in [-0.15, -0.1) is 0 Å². The summed E-state index contributed by atoms with van der Waals surface area (Å²) in [5.74, 6) is -0.160. The van der Waals surface area contributed by atoms with Crippen molar-refractivity contribution in [2.24, 2.45) is 0 Å². The Morgan fingerprint density at radius 3 is 2.11 bits per heavy atom. The Labute approximate surface area is 160 Å². The van der Waals surface area contributed by atoms with Gasteiger partial charge in [0.15, 0.2) is 0 Å². The van der Waals surface area contributed by atoms with Crippen LogP contribution in [0.15, 0.2) is 54.6 Å². The van der Waals surface area contributed by atoms with Gasteiger partial charge < -0.3 is 10.1 Å². The molecule has 142 valence electrons. The number of anilines is 2. The van der Waals surface area contributed by atoms with Crippen LogP contribution in [0.1, 0.15) is 38.8 Å². The van der Waals surface area contributed by atoms with Gasteiger partial charge in [-0.3, -0.25) is 10.1 Å². The van der Waals surface area contributed by atoms with E-state index in [9.17, 15) is 9.59 Å². The molecule has 0 bridgehead atoms. The number of carbonyl (C=O) groups is 2. The topological polar surface area (TPSA) is 67.4 Å². The predicted molar refractivity (Wildman–Crippen MR) is 110 cm³/mol. The van der Waals surface area contributed by atoms with E-state index in [1.54, 1.807) is 45.0 Å². The molecular formula is C22H26N2O3. The van der Waals surface area contributed by atoms with Crippen molar-refractivity contribution in [3.05, 3.63) is 65.7 Å². The average molecular weight is 366 g/mol. The molecule has 2 rings (SSSR count). The van der Waals surface area contributed by atoms with Crippen LogP contribution in [0.4, 0.5) is 16.2 Å². The highest BCUT2D eigenvalue weighted by Crippen LogP contribution is 2.22. The second-order valence-corrected chi connectivity index (χ2v) is 7.14. The van der Waals surface area contributed by atoms with Gasteiger partial charge in [0, 0.05) is 0 Å². The number of hydrogen-bond acceptors (Lipinski definition) is 3. The summed E-state index contributed by atoms with van der Waals surface area (Å²) < 4.78 is 5.26. The first-order chi connectivity index (χ1) is 12.8. The summed E-state index contributed by atoms with van der Waals surface area (Å²) in [5.41, 5.74) is 2.43. The number of amides is 2. The van der Waals surface area contributed by atoms with Crippen molar-refractivity contribution in [1.82, 2.24) is 0 Å². The van der Waals surface area contributed by atoms with Crippen LogP contribution in [-0.4, -0.2) is 17.6 Å². The number of hydrogen-bond donors (Lipinski definition) is 2. The molecule has 0 saturated heterocycles. The van der Waals surface area contributed by atoms with Crippen molar-refractivity contribution < 1.29 is 14.3 Å². The zero-order valence-corrected chi connectivity index (χ0v) is 16.2. The number of ether oxygens (including phenoxy) is 1. The van der Waals surface area contributed by atoms with E-state index >= 15 is 0 Å². The molecular weight excluding hydrogens is 340 g/mol. The van der Waals surface area contributed by atoms with Crippen LogP contribution in [0.3, 0.4) is 0 Å². The van der Waals surface area contributed by atoms with Crippen LogP contribution in [0.2, 0.25) is 0 Å². The van der Waals surface area contributed by atoms with Gasteiger partial charge >= 0.3 is 6.09 Å². The van der Waals surface area contributed by atoms with Crippen LogP contribution < -0.4 is 10.6 Å². The first kappa shape index (κ1) is 20.2. The highest BCUT2D eigenvalue weighted by Gasteiger charge is 2.17. The van der Waals surface area contributed by atoms with Crippen molar-refractivity contribution in [3.63, 3.8) is 0 Å². The number of para-hydroxylation sites is 2. The van der Waals surface area contributed by atoms with Crippen LogP contribution in [-0.2, 0) is 16.0 Å². The molecule has 2 aromatic carbocycles. The Balaban J connectivity index is 2.02. The molecule has 5 heteroatoms. The van der Waals surface area contributed by atoms with E-state index in [4.69, 9.17) is 4.74 Å². The van der Waals surface area contributed by atoms with Gasteiger partial charge in [0.1, 0.15) is 5.60 Å². The van der Waals surface area contributed by atoms with Crippen LogP contribution in [0, 0.1) is 0 Å². The average Bonchev–Trinajstić information content (AvgIpc) is 2.57. The third kappa shape index (κ3) is 6.98. The quantitative estimate of drug-likeness (QED) is 0.759. The van der Waals surface area contributed by atoms with Gasteiger partial charge in [-0.25, -0.2) is 4.79 Å². The molecule has 0 unspecified atom stereocenters. The summed E-state index contributed by atoms with van der Waals surface area (Å²) >= 11 is 0. The maximum Gasteiger partial charge on any atom is 0.412 e. The summed E-state index contributed by atoms with van der Waals surface area (Å²) in [6.45, 7) is 7.34. The minimum Gasteiger partial charge on any atom is -0.444 e. The summed E-state index contributed by atoms with van der Waals surface area (Å²) in [4.78, 5) is 24.4. The number of benzene rings is 2. The standard InChI is InChI=1S/C22H26N2O3/c1-5-8-16-11-13-17(14-12-16)15-20(25)23-18-9-6-7-10-19(18)24-21(26)27-22(2,3)4/h5-14H,15H2,1-4H3,(H,23,25)(H,24,26)/b8-5+. The largest absolute Gasteiger partial charge is 0.444 e. The first-order valence-corrected chi connectivity index (χ1v) is 8.87. The summed E-state index contributed by atoms with van der Waals surface area (Å²) in [5, 5.41) is 5.52. The molecule has 5 nitrogen and oxygen atoms in total. The molecule has 0 atom stereocenters. The van der Waals surface area contributed by atoms with Crippen molar-refractivity contribution in [2.75, 3.05) is 10.6 Å². The van der Waals surface area contributed by atoms with Crippen molar-refractivity contribution in [1.29, 1.82) is 0 Å². The van der Waals surface area contributed by atoms with Gasteiger partial charge in [-0.1, -0.05) is 48.6 Å². The molecule has 2 amide bonds. The molecule has 27 heavy (non-hydrogen) atoms. The molecule has 0 aromatic heterocycles. The Bertz CT molecular complexity index is 818. The zero-order chi connectivity index (χ0) is 19.9. The normalized spacial score (nSPS) is 11.3. The summed E-state index contributed by atoms with van der Waals surface area (Å²) in [6, 6.07) is 14.8. The van der Waals surface area contributed by atoms with Gasteiger partial charge in [-0.05, 0) is 51.0 Å². The van der Waals surface area contributed by atoms with Crippen LogP contribution >= 0.6 is 0 Å². The summed E-state index contributed by atoms with van der Waals surface area (Å²) in [6.07, 6.45) is 3.65. The lowest BCUT2D eigenvalue weighted by Crippen LogP contribution is -2.27. The fourth-order valence-electron chi connectivity index (χ4n) is 2.43. The van der Waals surface area contributed by atoms with E-state index in [1.165, 1.54) is 0 Å². The van der Waals surface area contributed by atoms with Crippen LogP contribution in [0.25, 0.3) is 6.08 Å². The third-order valence-corrected chi connectivity index (χ3v) is 3.54. The second-order valence-electron chi connectivity index (χ2n) is 7.14. The van der Waals surface area contributed by atoms with Crippen molar-refractivity contribution >= 4 is 29.5 Å². The third-order valence-electron chi connectivity index (χ3n) is 3.54. The molecule has 0 spiro atoms. The SMILES string of the molecule is C/C=C/c1ccc(CC(=O)Nc2ccccc2NC(=O)OC(C)(C)C)cc1. The lowest BCUT2D eigenvalue weighted by molar-refractivity contribution is -0.115. The fraction of sp³-hybridized carbons (Fsp3) is 0.273. The Morgan fingerprint density at radius 2 is 1.56 bits per heavy atom. The Morgan fingerprint density at radius 1 is 0.963 bits per heavy atom. The maximum atomic E-state index is 12.4. The predicted octanol–water partition coefficient (Wildman–Crippen LogP) is 5.25. The van der Waals surface area contributed by atoms with Gasteiger partial charge in [0.05, 0.1) is 17.8 Å². The number of nitrogens with one attached hydrogen (secondary N) is 2. The molecule has 0 heterocycles. The van der Waals surface area contributed by atoms with E-state index in [0.29, 0.717) is 11.4 Å². The molecule has 0 radical (unpaired) electrons. The maximum absolute atomic E-state index is 12.4. The molecule has 0 fully saturated rings. The highest BCUT2D eigenvalue weighted by atomic mass is 16.6. The lowest BCUT2D eigenvalue weighted by atomic mass is 10.1. The molecule has 2 aromatic rings. The summed E-state index contributed by atoms with van der Waals surface area (Å²) in [7, 11) is 0. The minimum absolute atomic E-state index is 0.160. The molecule has 0 saturated carbocycles. The van der Waals surface area contributed by atoms with Crippen LogP contribution in [0.5, 0.6) is 0 Å². The molecule has 0 aliphatic heterocycles. The monoisotopic (exact) mass is 366 g/mol. The first-order valence-electron chi connectivity index (χ1n) is 8.87. The smallest absolute Gasteiger partial charge is 0.412 e. The molecule has 2 N–H and O–H groups in total. The van der Waals surface area contributed by atoms with E-state index in [2.05, 4.69) is 10.6 Å².